The first-order valence-corrected chi connectivity index (χ1v) is 13.5. The molecular weight excluding hydrogens is 452 g/mol. The number of carbonyl (C=O) groups is 1. The van der Waals surface area contributed by atoms with E-state index in [1.807, 2.05) is 36.4 Å². The molecule has 0 unspecified atom stereocenters. The number of anilines is 1. The molecule has 2 saturated heterocycles. The van der Waals surface area contributed by atoms with Gasteiger partial charge in [0.2, 0.25) is 0 Å². The summed E-state index contributed by atoms with van der Waals surface area (Å²) in [5.74, 6) is 1.24. The van der Waals surface area contributed by atoms with E-state index >= 15 is 0 Å². The zero-order valence-corrected chi connectivity index (χ0v) is 19.9. The summed E-state index contributed by atoms with van der Waals surface area (Å²) in [4.78, 5) is 23.6. The van der Waals surface area contributed by atoms with Crippen molar-refractivity contribution in [2.24, 2.45) is 0 Å². The van der Waals surface area contributed by atoms with Crippen molar-refractivity contribution >= 4 is 33.3 Å². The van der Waals surface area contributed by atoms with Crippen LogP contribution in [0, 0.1) is 0 Å². The monoisotopic (exact) mass is 482 g/mol. The van der Waals surface area contributed by atoms with Crippen molar-refractivity contribution in [3.8, 4) is 5.75 Å². The zero-order chi connectivity index (χ0) is 23.5. The topological polar surface area (TPSA) is 89.4 Å². The van der Waals surface area contributed by atoms with Gasteiger partial charge in [-0.05, 0) is 24.3 Å². The van der Waals surface area contributed by atoms with Crippen LogP contribution in [0.4, 0.5) is 10.5 Å². The number of ether oxygens (including phenoxy) is 1. The van der Waals surface area contributed by atoms with Crippen molar-refractivity contribution in [1.82, 2.24) is 14.8 Å². The number of hydrogen-bond acceptors (Lipinski definition) is 7. The lowest BCUT2D eigenvalue weighted by atomic mass is 10.2. The Labute approximate surface area is 201 Å². The van der Waals surface area contributed by atoms with E-state index in [-0.39, 0.29) is 6.09 Å². The van der Waals surface area contributed by atoms with Crippen molar-refractivity contribution in [3.05, 3.63) is 66.4 Å². The molecule has 2 aliphatic heterocycles. The van der Waals surface area contributed by atoms with Crippen LogP contribution in [0.3, 0.4) is 0 Å². The standard InChI is InChI=1S/C25H30N4O4S/c30-25(33-23-6-3-5-22(18-23)28-14-16-34(31,32)17-15-28)29-12-10-27(11-13-29)19-21-9-8-20-4-1-2-7-24(20)26-21/h1-9,18,31-32H,10-17,19H2. The first-order valence-electron chi connectivity index (χ1n) is 11.6. The Hall–Kier alpha value is -2.85. The molecule has 0 saturated carbocycles. The molecular formula is C25H30N4O4S. The number of nitrogens with zero attached hydrogens (tertiary/aromatic N) is 4. The number of benzene rings is 2. The normalized spacial score (nSPS) is 19.7. The number of pyridine rings is 1. The third-order valence-electron chi connectivity index (χ3n) is 6.44. The summed E-state index contributed by atoms with van der Waals surface area (Å²) in [6.07, 6.45) is -0.339. The molecule has 34 heavy (non-hydrogen) atoms. The lowest BCUT2D eigenvalue weighted by molar-refractivity contribution is 0.107. The van der Waals surface area contributed by atoms with Crippen LogP contribution in [0.2, 0.25) is 0 Å². The van der Waals surface area contributed by atoms with Crippen molar-refractivity contribution in [2.75, 3.05) is 55.7 Å². The molecule has 2 N–H and O–H groups in total. The molecule has 8 nitrogen and oxygen atoms in total. The molecule has 1 amide bonds. The van der Waals surface area contributed by atoms with Gasteiger partial charge in [-0.3, -0.25) is 19.0 Å². The smallest absolute Gasteiger partial charge is 0.410 e. The van der Waals surface area contributed by atoms with E-state index in [0.717, 1.165) is 41.9 Å². The molecule has 2 aromatic carbocycles. The molecule has 5 rings (SSSR count). The lowest BCUT2D eigenvalue weighted by Gasteiger charge is -2.41. The summed E-state index contributed by atoms with van der Waals surface area (Å²) in [5.41, 5.74) is 2.96. The van der Waals surface area contributed by atoms with Gasteiger partial charge in [-0.15, -0.1) is 0 Å². The van der Waals surface area contributed by atoms with E-state index in [0.29, 0.717) is 43.4 Å². The van der Waals surface area contributed by atoms with Gasteiger partial charge in [0.25, 0.3) is 0 Å². The minimum absolute atomic E-state index is 0.339. The number of para-hydroxylation sites is 1. The Morgan fingerprint density at radius 3 is 2.47 bits per heavy atom. The van der Waals surface area contributed by atoms with Gasteiger partial charge < -0.3 is 14.5 Å². The minimum Gasteiger partial charge on any atom is -0.410 e. The highest BCUT2D eigenvalue weighted by Gasteiger charge is 2.25. The summed E-state index contributed by atoms with van der Waals surface area (Å²) >= 11 is 0. The summed E-state index contributed by atoms with van der Waals surface area (Å²) in [6.45, 7) is 4.66. The number of amides is 1. The first kappa shape index (κ1) is 22.9. The number of carbonyl (C=O) groups excluding carboxylic acids is 1. The van der Waals surface area contributed by atoms with Crippen LogP contribution in [0.1, 0.15) is 5.69 Å². The van der Waals surface area contributed by atoms with Gasteiger partial charge in [0.1, 0.15) is 5.75 Å². The molecule has 0 spiro atoms. The Balaban J connectivity index is 1.13. The number of piperazine rings is 1. The summed E-state index contributed by atoms with van der Waals surface area (Å²) in [6, 6.07) is 19.7. The Morgan fingerprint density at radius 2 is 1.68 bits per heavy atom. The van der Waals surface area contributed by atoms with Gasteiger partial charge >= 0.3 is 6.09 Å². The maximum Gasteiger partial charge on any atom is 0.415 e. The van der Waals surface area contributed by atoms with E-state index in [4.69, 9.17) is 9.72 Å². The lowest BCUT2D eigenvalue weighted by Crippen LogP contribution is -2.49. The van der Waals surface area contributed by atoms with Crippen molar-refractivity contribution in [3.63, 3.8) is 0 Å². The van der Waals surface area contributed by atoms with Crippen molar-refractivity contribution < 1.29 is 18.6 Å². The van der Waals surface area contributed by atoms with Crippen LogP contribution >= 0.6 is 10.6 Å². The highest BCUT2D eigenvalue weighted by atomic mass is 32.3. The first-order chi connectivity index (χ1) is 16.4. The number of rotatable bonds is 4. The Bertz CT molecular complexity index is 1160. The molecule has 180 valence electrons. The van der Waals surface area contributed by atoms with Gasteiger partial charge in [0, 0.05) is 63.0 Å². The van der Waals surface area contributed by atoms with Gasteiger partial charge in [-0.2, -0.15) is 10.6 Å². The molecule has 0 radical (unpaired) electrons. The largest absolute Gasteiger partial charge is 0.415 e. The summed E-state index contributed by atoms with van der Waals surface area (Å²) in [7, 11) is -2.44. The van der Waals surface area contributed by atoms with E-state index in [1.54, 1.807) is 11.0 Å². The van der Waals surface area contributed by atoms with E-state index in [9.17, 15) is 13.9 Å². The zero-order valence-electron chi connectivity index (χ0n) is 19.0. The predicted octanol–water partition coefficient (Wildman–Crippen LogP) is 4.12. The fourth-order valence-corrected chi connectivity index (χ4v) is 5.64. The molecule has 9 heteroatoms. The summed E-state index contributed by atoms with van der Waals surface area (Å²) < 4.78 is 25.3. The van der Waals surface area contributed by atoms with Gasteiger partial charge in [-0.1, -0.05) is 30.3 Å². The quantitative estimate of drug-likeness (QED) is 0.578. The van der Waals surface area contributed by atoms with Gasteiger partial charge in [-0.25, -0.2) is 4.79 Å². The molecule has 2 fully saturated rings. The minimum atomic E-state index is -2.44. The van der Waals surface area contributed by atoms with Crippen LogP contribution in [0.15, 0.2) is 60.7 Å². The van der Waals surface area contributed by atoms with E-state index in [1.165, 1.54) is 0 Å². The second-order valence-corrected chi connectivity index (χ2v) is 11.2. The maximum absolute atomic E-state index is 12.7. The highest BCUT2D eigenvalue weighted by molar-refractivity contribution is 8.24. The van der Waals surface area contributed by atoms with Gasteiger partial charge in [0.05, 0.1) is 22.7 Å². The van der Waals surface area contributed by atoms with Crippen LogP contribution in [-0.4, -0.2) is 80.8 Å². The van der Waals surface area contributed by atoms with Crippen molar-refractivity contribution in [2.45, 2.75) is 6.54 Å². The highest BCUT2D eigenvalue weighted by Crippen LogP contribution is 2.41. The maximum atomic E-state index is 12.7. The van der Waals surface area contributed by atoms with Crippen molar-refractivity contribution in [1.29, 1.82) is 0 Å². The predicted molar refractivity (Wildman–Crippen MR) is 136 cm³/mol. The molecule has 3 heterocycles. The number of fused-ring (bicyclic) bond motifs is 1. The molecule has 2 aliphatic rings. The van der Waals surface area contributed by atoms with E-state index < -0.39 is 10.6 Å². The van der Waals surface area contributed by atoms with Gasteiger partial charge in [0.15, 0.2) is 0 Å². The number of aromatic nitrogens is 1. The van der Waals surface area contributed by atoms with Crippen LogP contribution in [0.5, 0.6) is 5.75 Å². The number of hydrogen-bond donors (Lipinski definition) is 2. The Morgan fingerprint density at radius 1 is 0.912 bits per heavy atom. The molecule has 1 aromatic heterocycles. The van der Waals surface area contributed by atoms with Crippen LogP contribution in [-0.2, 0) is 6.54 Å². The Kier molecular flexibility index (Phi) is 6.60. The van der Waals surface area contributed by atoms with Crippen LogP contribution < -0.4 is 9.64 Å². The molecule has 0 aliphatic carbocycles. The SMILES string of the molecule is O=C(Oc1cccc(N2CCS(O)(O)CC2)c1)N1CCN(Cc2ccc3ccccc3n2)CC1. The third-order valence-corrected chi connectivity index (χ3v) is 8.11. The van der Waals surface area contributed by atoms with E-state index in [2.05, 4.69) is 28.0 Å². The fourth-order valence-electron chi connectivity index (χ4n) is 4.41. The fraction of sp³-hybridized carbons (Fsp3) is 0.360. The molecule has 0 atom stereocenters. The second kappa shape index (κ2) is 9.79. The molecule has 0 bridgehead atoms. The summed E-state index contributed by atoms with van der Waals surface area (Å²) in [5, 5.41) is 1.14. The third kappa shape index (κ3) is 5.44. The second-order valence-electron chi connectivity index (χ2n) is 8.82. The average molecular weight is 483 g/mol. The molecule has 3 aromatic rings. The van der Waals surface area contributed by atoms with Crippen LogP contribution in [0.25, 0.3) is 10.9 Å². The average Bonchev–Trinajstić information content (AvgIpc) is 2.84.